The smallest absolute Gasteiger partial charge is 0.145 e. The van der Waals surface area contributed by atoms with Crippen molar-refractivity contribution in [3.63, 3.8) is 0 Å². The molecule has 2 aromatic rings. The van der Waals surface area contributed by atoms with Gasteiger partial charge in [0.15, 0.2) is 0 Å². The van der Waals surface area contributed by atoms with Gasteiger partial charge in [0.05, 0.1) is 12.3 Å². The molecule has 0 spiro atoms. The Hall–Kier alpha value is -1.88. The number of nitrogens with zero attached hydrogens (tertiary/aromatic N) is 1. The Labute approximate surface area is 92.2 Å². The van der Waals surface area contributed by atoms with E-state index in [1.54, 1.807) is 24.3 Å². The van der Waals surface area contributed by atoms with Crippen molar-refractivity contribution >= 4 is 5.82 Å². The Morgan fingerprint density at radius 3 is 2.94 bits per heavy atom. The van der Waals surface area contributed by atoms with Crippen molar-refractivity contribution in [3.05, 3.63) is 35.6 Å². The third kappa shape index (κ3) is 1.90. The topological polar surface area (TPSA) is 63.9 Å². The van der Waals surface area contributed by atoms with Crippen LogP contribution >= 0.6 is 0 Å². The maximum absolute atomic E-state index is 14.0. The zero-order valence-corrected chi connectivity index (χ0v) is 8.83. The SMILES string of the molecule is COCc1cccc(-c2cc(N)n[nH]2)c1F. The lowest BCUT2D eigenvalue weighted by molar-refractivity contribution is 0.181. The number of hydrogen-bond donors (Lipinski definition) is 2. The summed E-state index contributed by atoms with van der Waals surface area (Å²) in [5.41, 5.74) is 6.99. The van der Waals surface area contributed by atoms with Crippen molar-refractivity contribution in [1.29, 1.82) is 0 Å². The minimum atomic E-state index is -0.312. The first-order chi connectivity index (χ1) is 7.72. The van der Waals surface area contributed by atoms with Crippen molar-refractivity contribution < 1.29 is 9.13 Å². The van der Waals surface area contributed by atoms with Gasteiger partial charge in [-0.1, -0.05) is 12.1 Å². The maximum atomic E-state index is 14.0. The molecular formula is C11H12FN3O. The van der Waals surface area contributed by atoms with E-state index in [1.807, 2.05) is 0 Å². The number of hydrogen-bond acceptors (Lipinski definition) is 3. The third-order valence-corrected chi connectivity index (χ3v) is 2.27. The summed E-state index contributed by atoms with van der Waals surface area (Å²) in [6, 6.07) is 6.71. The highest BCUT2D eigenvalue weighted by molar-refractivity contribution is 5.63. The molecule has 4 nitrogen and oxygen atoms in total. The summed E-state index contributed by atoms with van der Waals surface area (Å²) in [6.45, 7) is 0.239. The first-order valence-electron chi connectivity index (χ1n) is 4.80. The number of rotatable bonds is 3. The van der Waals surface area contributed by atoms with E-state index in [4.69, 9.17) is 10.5 Å². The van der Waals surface area contributed by atoms with Crippen LogP contribution in [0.15, 0.2) is 24.3 Å². The summed E-state index contributed by atoms with van der Waals surface area (Å²) in [4.78, 5) is 0. The average Bonchev–Trinajstić information content (AvgIpc) is 2.68. The minimum Gasteiger partial charge on any atom is -0.382 e. The highest BCUT2D eigenvalue weighted by Crippen LogP contribution is 2.24. The van der Waals surface area contributed by atoms with E-state index in [0.717, 1.165) is 0 Å². The molecular weight excluding hydrogens is 209 g/mol. The van der Waals surface area contributed by atoms with Gasteiger partial charge >= 0.3 is 0 Å². The summed E-state index contributed by atoms with van der Waals surface area (Å²) in [7, 11) is 1.53. The van der Waals surface area contributed by atoms with Crippen molar-refractivity contribution in [2.75, 3.05) is 12.8 Å². The monoisotopic (exact) mass is 221 g/mol. The number of aromatic amines is 1. The van der Waals surface area contributed by atoms with Crippen LogP contribution < -0.4 is 5.73 Å². The van der Waals surface area contributed by atoms with Crippen LogP contribution in [-0.4, -0.2) is 17.3 Å². The second kappa shape index (κ2) is 4.32. The van der Waals surface area contributed by atoms with E-state index in [0.29, 0.717) is 22.6 Å². The van der Waals surface area contributed by atoms with Crippen LogP contribution in [0, 0.1) is 5.82 Å². The molecule has 0 aliphatic carbocycles. The molecule has 0 saturated carbocycles. The number of nitrogens with two attached hydrogens (primary N) is 1. The fraction of sp³-hybridized carbons (Fsp3) is 0.182. The number of ether oxygens (including phenoxy) is 1. The molecule has 5 heteroatoms. The molecule has 1 heterocycles. The van der Waals surface area contributed by atoms with Gasteiger partial charge < -0.3 is 10.5 Å². The van der Waals surface area contributed by atoms with Crippen molar-refractivity contribution in [2.24, 2.45) is 0 Å². The molecule has 0 fully saturated rings. The summed E-state index contributed by atoms with van der Waals surface area (Å²) >= 11 is 0. The lowest BCUT2D eigenvalue weighted by Gasteiger charge is -2.05. The van der Waals surface area contributed by atoms with Crippen LogP contribution in [-0.2, 0) is 11.3 Å². The number of nitrogens with one attached hydrogen (secondary N) is 1. The van der Waals surface area contributed by atoms with E-state index in [2.05, 4.69) is 10.2 Å². The first-order valence-corrected chi connectivity index (χ1v) is 4.80. The van der Waals surface area contributed by atoms with Crippen molar-refractivity contribution in [3.8, 4) is 11.3 Å². The van der Waals surface area contributed by atoms with Crippen LogP contribution in [0.1, 0.15) is 5.56 Å². The summed E-state index contributed by atoms with van der Waals surface area (Å²) in [6.07, 6.45) is 0. The second-order valence-electron chi connectivity index (χ2n) is 3.42. The average molecular weight is 221 g/mol. The standard InChI is InChI=1S/C11H12FN3O/c1-16-6-7-3-2-4-8(11(7)12)9-5-10(13)15-14-9/h2-5H,6H2,1H3,(H3,13,14,15). The van der Waals surface area contributed by atoms with E-state index in [-0.39, 0.29) is 12.4 Å². The van der Waals surface area contributed by atoms with Crippen LogP contribution in [0.5, 0.6) is 0 Å². The molecule has 2 rings (SSSR count). The van der Waals surface area contributed by atoms with Gasteiger partial charge in [0.25, 0.3) is 0 Å². The van der Waals surface area contributed by atoms with Gasteiger partial charge in [-0.2, -0.15) is 5.10 Å². The quantitative estimate of drug-likeness (QED) is 0.832. The van der Waals surface area contributed by atoms with Gasteiger partial charge in [-0.05, 0) is 6.07 Å². The summed E-state index contributed by atoms with van der Waals surface area (Å²) in [5, 5.41) is 6.44. The summed E-state index contributed by atoms with van der Waals surface area (Å²) in [5.74, 6) is 0.0274. The molecule has 0 unspecified atom stereocenters. The molecule has 1 aromatic carbocycles. The van der Waals surface area contributed by atoms with Gasteiger partial charge in [0.2, 0.25) is 0 Å². The van der Waals surface area contributed by atoms with Gasteiger partial charge in [-0.15, -0.1) is 0 Å². The maximum Gasteiger partial charge on any atom is 0.145 e. The third-order valence-electron chi connectivity index (χ3n) is 2.27. The molecule has 0 atom stereocenters. The molecule has 0 amide bonds. The number of nitrogen functional groups attached to an aromatic ring is 1. The Bertz CT molecular complexity index is 496. The van der Waals surface area contributed by atoms with E-state index in [1.165, 1.54) is 7.11 Å². The molecule has 3 N–H and O–H groups in total. The number of benzene rings is 1. The molecule has 1 aromatic heterocycles. The van der Waals surface area contributed by atoms with Gasteiger partial charge in [-0.25, -0.2) is 4.39 Å². The Morgan fingerprint density at radius 2 is 2.31 bits per heavy atom. The molecule has 0 aliphatic rings. The molecule has 0 saturated heterocycles. The van der Waals surface area contributed by atoms with E-state index < -0.39 is 0 Å². The Kier molecular flexibility index (Phi) is 2.87. The number of aromatic nitrogens is 2. The Balaban J connectivity index is 2.45. The second-order valence-corrected chi connectivity index (χ2v) is 3.42. The predicted octanol–water partition coefficient (Wildman–Crippen LogP) is 1.94. The molecule has 84 valence electrons. The van der Waals surface area contributed by atoms with Gasteiger partial charge in [0.1, 0.15) is 11.6 Å². The number of anilines is 1. The fourth-order valence-corrected chi connectivity index (χ4v) is 1.53. The number of methoxy groups -OCH3 is 1. The van der Waals surface area contributed by atoms with Crippen molar-refractivity contribution in [1.82, 2.24) is 10.2 Å². The van der Waals surface area contributed by atoms with Crippen LogP contribution in [0.3, 0.4) is 0 Å². The molecule has 0 radical (unpaired) electrons. The predicted molar refractivity (Wildman–Crippen MR) is 59.1 cm³/mol. The molecule has 0 bridgehead atoms. The highest BCUT2D eigenvalue weighted by atomic mass is 19.1. The number of halogens is 1. The molecule has 0 aliphatic heterocycles. The fourth-order valence-electron chi connectivity index (χ4n) is 1.53. The van der Waals surface area contributed by atoms with E-state index in [9.17, 15) is 4.39 Å². The zero-order chi connectivity index (χ0) is 11.5. The minimum absolute atomic E-state index is 0.239. The van der Waals surface area contributed by atoms with Crippen LogP contribution in [0.25, 0.3) is 11.3 Å². The number of H-pyrrole nitrogens is 1. The van der Waals surface area contributed by atoms with Gasteiger partial charge in [0, 0.05) is 24.3 Å². The Morgan fingerprint density at radius 1 is 1.50 bits per heavy atom. The van der Waals surface area contributed by atoms with Gasteiger partial charge in [-0.3, -0.25) is 5.10 Å². The highest BCUT2D eigenvalue weighted by Gasteiger charge is 2.11. The van der Waals surface area contributed by atoms with Crippen LogP contribution in [0.2, 0.25) is 0 Å². The van der Waals surface area contributed by atoms with E-state index >= 15 is 0 Å². The lowest BCUT2D eigenvalue weighted by atomic mass is 10.1. The van der Waals surface area contributed by atoms with Crippen LogP contribution in [0.4, 0.5) is 10.2 Å². The first kappa shape index (κ1) is 10.6. The lowest BCUT2D eigenvalue weighted by Crippen LogP contribution is -1.95. The van der Waals surface area contributed by atoms with Crippen molar-refractivity contribution in [2.45, 2.75) is 6.61 Å². The largest absolute Gasteiger partial charge is 0.382 e. The zero-order valence-electron chi connectivity index (χ0n) is 8.83. The summed E-state index contributed by atoms with van der Waals surface area (Å²) < 4.78 is 18.9. The molecule has 16 heavy (non-hydrogen) atoms. The normalized spacial score (nSPS) is 10.6.